The van der Waals surface area contributed by atoms with E-state index in [0.717, 1.165) is 37.0 Å². The molecule has 1 saturated heterocycles. The summed E-state index contributed by atoms with van der Waals surface area (Å²) in [5.74, 6) is -0.472. The standard InChI is InChI=1S/C28H37FN4O3S/c1-28(2,3)36-33-24-12-11-21(15-24)26(33)27(34)31-23(17-30)14-20-10-9-19(16-25(20)29)18-7-6-8-22(13-18)32-37(4,5)35/h7,9-10,13,16,21,23-24,26H,6,8,11-12,14-15H2,1-5H3,(H,31,34)/t21?,23-,24+,26-/m0/s1. The molecule has 0 spiro atoms. The molecule has 1 N–H and O–H groups in total. The Labute approximate surface area is 219 Å². The van der Waals surface area contributed by atoms with Crippen LogP contribution in [0, 0.1) is 23.1 Å². The molecule has 0 aromatic heterocycles. The third-order valence-electron chi connectivity index (χ3n) is 6.88. The van der Waals surface area contributed by atoms with Crippen molar-refractivity contribution in [3.05, 3.63) is 53.0 Å². The lowest BCUT2D eigenvalue weighted by Crippen LogP contribution is -2.54. The Hall–Kier alpha value is -2.54. The van der Waals surface area contributed by atoms with Crippen LogP contribution in [0.1, 0.15) is 64.0 Å². The van der Waals surface area contributed by atoms with Gasteiger partial charge >= 0.3 is 0 Å². The van der Waals surface area contributed by atoms with E-state index in [9.17, 15) is 14.3 Å². The highest BCUT2D eigenvalue weighted by molar-refractivity contribution is 7.92. The number of hydrogen-bond acceptors (Lipinski definition) is 6. The van der Waals surface area contributed by atoms with Crippen LogP contribution in [0.25, 0.3) is 5.57 Å². The maximum absolute atomic E-state index is 15.1. The van der Waals surface area contributed by atoms with Crippen molar-refractivity contribution >= 4 is 21.2 Å². The van der Waals surface area contributed by atoms with Crippen LogP contribution in [0.2, 0.25) is 0 Å². The highest BCUT2D eigenvalue weighted by atomic mass is 32.2. The second-order valence-electron chi connectivity index (χ2n) is 11.5. The lowest BCUT2D eigenvalue weighted by molar-refractivity contribution is -0.260. The molecule has 1 aromatic rings. The second kappa shape index (κ2) is 10.7. The Morgan fingerprint density at radius 2 is 2.11 bits per heavy atom. The molecule has 1 amide bonds. The molecule has 4 rings (SSSR count). The van der Waals surface area contributed by atoms with Crippen LogP contribution in [0.3, 0.4) is 0 Å². The van der Waals surface area contributed by atoms with E-state index in [0.29, 0.717) is 17.5 Å². The van der Waals surface area contributed by atoms with E-state index < -0.39 is 33.2 Å². The summed E-state index contributed by atoms with van der Waals surface area (Å²) in [4.78, 5) is 19.4. The van der Waals surface area contributed by atoms with E-state index in [2.05, 4.69) is 15.7 Å². The highest BCUT2D eigenvalue weighted by Crippen LogP contribution is 2.43. The lowest BCUT2D eigenvalue weighted by Gasteiger charge is -2.37. The van der Waals surface area contributed by atoms with Gasteiger partial charge in [-0.15, -0.1) is 0 Å². The minimum absolute atomic E-state index is 0.0680. The number of carbonyl (C=O) groups is 1. The first-order valence-corrected chi connectivity index (χ1v) is 15.2. The molecule has 200 valence electrons. The van der Waals surface area contributed by atoms with E-state index in [-0.39, 0.29) is 24.3 Å². The van der Waals surface area contributed by atoms with Gasteiger partial charge in [-0.25, -0.2) is 13.0 Å². The fourth-order valence-corrected chi connectivity index (χ4v) is 6.17. The molecule has 2 fully saturated rings. The Morgan fingerprint density at radius 3 is 2.76 bits per heavy atom. The summed E-state index contributed by atoms with van der Waals surface area (Å²) in [7, 11) is -2.26. The van der Waals surface area contributed by atoms with Crippen molar-refractivity contribution in [3.63, 3.8) is 0 Å². The zero-order valence-corrected chi connectivity index (χ0v) is 23.1. The Balaban J connectivity index is 1.45. The van der Waals surface area contributed by atoms with E-state index in [1.54, 1.807) is 18.6 Å². The number of hydroxylamine groups is 2. The van der Waals surface area contributed by atoms with Crippen LogP contribution in [0.4, 0.5) is 4.39 Å². The van der Waals surface area contributed by atoms with E-state index in [1.165, 1.54) is 6.07 Å². The van der Waals surface area contributed by atoms with Gasteiger partial charge in [0.25, 0.3) is 0 Å². The third kappa shape index (κ3) is 6.86. The zero-order chi connectivity index (χ0) is 27.0. The van der Waals surface area contributed by atoms with Crippen molar-refractivity contribution in [2.45, 2.75) is 83.0 Å². The summed E-state index contributed by atoms with van der Waals surface area (Å²) in [6.45, 7) is 5.87. The van der Waals surface area contributed by atoms with Crippen molar-refractivity contribution in [1.29, 1.82) is 5.26 Å². The number of nitriles is 1. The summed E-state index contributed by atoms with van der Waals surface area (Å²) in [6, 6.07) is 5.96. The SMILES string of the molecule is CC(C)(C)ON1[C@@H]2CCC(C2)[C@H]1C(=O)N[C@H](C#N)Cc1ccc(C2=CCCC(N=S(C)(C)=O)=C2)cc1F. The molecule has 9 heteroatoms. The minimum Gasteiger partial charge on any atom is -0.339 e. The summed E-state index contributed by atoms with van der Waals surface area (Å²) in [5.41, 5.74) is 2.21. The van der Waals surface area contributed by atoms with Gasteiger partial charge < -0.3 is 5.32 Å². The van der Waals surface area contributed by atoms with Crippen LogP contribution < -0.4 is 5.32 Å². The predicted octanol–water partition coefficient (Wildman–Crippen LogP) is 4.75. The predicted molar refractivity (Wildman–Crippen MR) is 143 cm³/mol. The molecule has 0 radical (unpaired) electrons. The number of rotatable bonds is 7. The average molecular weight is 529 g/mol. The molecule has 1 aromatic carbocycles. The van der Waals surface area contributed by atoms with Gasteiger partial charge in [0.15, 0.2) is 0 Å². The summed E-state index contributed by atoms with van der Waals surface area (Å²) < 4.78 is 31.5. The smallest absolute Gasteiger partial charge is 0.241 e. The normalized spacial score (nSPS) is 24.7. The fraction of sp³-hybridized carbons (Fsp3) is 0.571. The van der Waals surface area contributed by atoms with Crippen LogP contribution in [-0.4, -0.2) is 51.4 Å². The molecular weight excluding hydrogens is 491 g/mol. The van der Waals surface area contributed by atoms with Crippen LogP contribution in [0.5, 0.6) is 0 Å². The number of benzene rings is 1. The highest BCUT2D eigenvalue weighted by Gasteiger charge is 2.51. The Morgan fingerprint density at radius 1 is 1.35 bits per heavy atom. The zero-order valence-electron chi connectivity index (χ0n) is 22.3. The van der Waals surface area contributed by atoms with Gasteiger partial charge in [0.2, 0.25) is 5.91 Å². The second-order valence-corrected chi connectivity index (χ2v) is 14.1. The van der Waals surface area contributed by atoms with Crippen LogP contribution in [0.15, 0.2) is 40.4 Å². The number of allylic oxidation sites excluding steroid dienone is 4. The first-order valence-electron chi connectivity index (χ1n) is 12.9. The first kappa shape index (κ1) is 27.5. The molecular formula is C28H37FN4O3S. The topological polar surface area (TPSA) is 94.8 Å². The molecule has 1 saturated carbocycles. The fourth-order valence-electron chi connectivity index (χ4n) is 5.46. The number of halogens is 1. The summed E-state index contributed by atoms with van der Waals surface area (Å²) in [6.07, 6.45) is 11.4. The molecule has 2 aliphatic carbocycles. The average Bonchev–Trinajstić information content (AvgIpc) is 3.39. The molecule has 1 aliphatic heterocycles. The number of piperidine rings is 1. The van der Waals surface area contributed by atoms with Crippen molar-refractivity contribution in [2.24, 2.45) is 10.3 Å². The maximum Gasteiger partial charge on any atom is 0.241 e. The molecule has 1 heterocycles. The van der Waals surface area contributed by atoms with Crippen LogP contribution >= 0.6 is 0 Å². The molecule has 1 unspecified atom stereocenters. The molecule has 4 atom stereocenters. The Kier molecular flexibility index (Phi) is 7.93. The van der Waals surface area contributed by atoms with E-state index >= 15 is 4.39 Å². The Bertz CT molecular complexity index is 1280. The maximum atomic E-state index is 15.1. The monoisotopic (exact) mass is 528 g/mol. The van der Waals surface area contributed by atoms with Gasteiger partial charge in [-0.1, -0.05) is 18.2 Å². The van der Waals surface area contributed by atoms with Crippen molar-refractivity contribution in [3.8, 4) is 6.07 Å². The van der Waals surface area contributed by atoms with Crippen molar-refractivity contribution < 1.29 is 18.2 Å². The van der Waals surface area contributed by atoms with Gasteiger partial charge in [0, 0.05) is 34.7 Å². The first-order chi connectivity index (χ1) is 17.3. The number of fused-ring (bicyclic) bond motifs is 2. The number of nitrogens with one attached hydrogen (secondary N) is 1. The molecule has 3 aliphatic rings. The van der Waals surface area contributed by atoms with E-state index in [1.807, 2.05) is 44.1 Å². The van der Waals surface area contributed by atoms with E-state index in [4.69, 9.17) is 4.84 Å². The summed E-state index contributed by atoms with van der Waals surface area (Å²) >= 11 is 0. The van der Waals surface area contributed by atoms with Crippen LogP contribution in [-0.2, 0) is 25.8 Å². The molecule has 37 heavy (non-hydrogen) atoms. The number of carbonyl (C=O) groups excluding carboxylic acids is 1. The lowest BCUT2D eigenvalue weighted by atomic mass is 9.95. The minimum atomic E-state index is -2.26. The largest absolute Gasteiger partial charge is 0.339 e. The molecule has 2 bridgehead atoms. The van der Waals surface area contributed by atoms with Gasteiger partial charge in [0.05, 0.1) is 17.4 Å². The molecule has 7 nitrogen and oxygen atoms in total. The quantitative estimate of drug-likeness (QED) is 0.551. The number of amides is 1. The van der Waals surface area contributed by atoms with Crippen molar-refractivity contribution in [1.82, 2.24) is 10.4 Å². The third-order valence-corrected chi connectivity index (χ3v) is 7.55. The van der Waals surface area contributed by atoms with Gasteiger partial charge in [0.1, 0.15) is 17.9 Å². The van der Waals surface area contributed by atoms with Gasteiger partial charge in [-0.2, -0.15) is 10.3 Å². The van der Waals surface area contributed by atoms with Crippen molar-refractivity contribution in [2.75, 3.05) is 12.5 Å². The van der Waals surface area contributed by atoms with Gasteiger partial charge in [-0.05, 0) is 87.6 Å². The number of hydrogen-bond donors (Lipinski definition) is 1. The van der Waals surface area contributed by atoms with Gasteiger partial charge in [-0.3, -0.25) is 9.63 Å². The summed E-state index contributed by atoms with van der Waals surface area (Å²) in [5, 5.41) is 14.4. The number of nitrogens with zero attached hydrogens (tertiary/aromatic N) is 3.